The lowest BCUT2D eigenvalue weighted by Crippen LogP contribution is -2.23. The third kappa shape index (κ3) is 2.22. The predicted octanol–water partition coefficient (Wildman–Crippen LogP) is 0.466. The summed E-state index contributed by atoms with van der Waals surface area (Å²) in [6, 6.07) is 2.74. The van der Waals surface area contributed by atoms with Crippen LogP contribution in [0.25, 0.3) is 0 Å². The fourth-order valence-corrected chi connectivity index (χ4v) is 1.55. The van der Waals surface area contributed by atoms with Gasteiger partial charge in [0.2, 0.25) is 0 Å². The van der Waals surface area contributed by atoms with Gasteiger partial charge in [0.1, 0.15) is 11.6 Å². The Morgan fingerprint density at radius 2 is 2.25 bits per heavy atom. The van der Waals surface area contributed by atoms with Crippen LogP contribution >= 0.6 is 0 Å². The molecule has 0 unspecified atom stereocenters. The number of fused-ring (bicyclic) bond motifs is 1. The average Bonchev–Trinajstić information content (AvgIpc) is 2.25. The van der Waals surface area contributed by atoms with E-state index in [-0.39, 0.29) is 25.1 Å². The van der Waals surface area contributed by atoms with Gasteiger partial charge >= 0.3 is 0 Å². The number of ether oxygens (including phenoxy) is 2. The predicted molar refractivity (Wildman–Crippen MR) is 56.2 cm³/mol. The highest BCUT2D eigenvalue weighted by molar-refractivity contribution is 5.75. The Bertz CT molecular complexity index is 430. The van der Waals surface area contributed by atoms with Gasteiger partial charge in [0.05, 0.1) is 13.2 Å². The summed E-state index contributed by atoms with van der Waals surface area (Å²) in [5.74, 6) is 0.219. The lowest BCUT2D eigenvalue weighted by molar-refractivity contribution is -0.0172. The zero-order valence-electron chi connectivity index (χ0n) is 8.57. The molecule has 1 heterocycles. The minimum Gasteiger partial charge on any atom is -0.467 e. The van der Waals surface area contributed by atoms with Crippen LogP contribution in [0.5, 0.6) is 5.75 Å². The summed E-state index contributed by atoms with van der Waals surface area (Å²) in [7, 11) is 0. The fraction of sp³-hybridized carbons (Fsp3) is 0.300. The van der Waals surface area contributed by atoms with Crippen LogP contribution in [0, 0.1) is 5.82 Å². The fourth-order valence-electron chi connectivity index (χ4n) is 1.55. The van der Waals surface area contributed by atoms with Crippen LogP contribution in [0.15, 0.2) is 17.1 Å². The molecular weight excluding hydrogens is 213 g/mol. The first-order valence-electron chi connectivity index (χ1n) is 4.74. The van der Waals surface area contributed by atoms with Crippen LogP contribution < -0.4 is 16.2 Å². The van der Waals surface area contributed by atoms with Crippen molar-refractivity contribution in [3.8, 4) is 5.75 Å². The standard InChI is InChI=1S/C10H12FN3O2/c11-8-1-6(3-14-10(12)13)9-7(2-8)4-15-5-16-9/h1-2H,3-5H2,(H4,12,13,14). The molecule has 0 radical (unpaired) electrons. The number of halogens is 1. The van der Waals surface area contributed by atoms with Gasteiger partial charge in [-0.3, -0.25) is 0 Å². The number of hydrogen-bond donors (Lipinski definition) is 2. The third-order valence-electron chi connectivity index (χ3n) is 2.18. The summed E-state index contributed by atoms with van der Waals surface area (Å²) >= 11 is 0. The first-order chi connectivity index (χ1) is 7.66. The zero-order chi connectivity index (χ0) is 11.5. The number of hydrogen-bond acceptors (Lipinski definition) is 3. The van der Waals surface area contributed by atoms with Gasteiger partial charge in [0.25, 0.3) is 0 Å². The molecule has 0 atom stereocenters. The lowest BCUT2D eigenvalue weighted by Gasteiger charge is -2.20. The summed E-state index contributed by atoms with van der Waals surface area (Å²) in [6.45, 7) is 0.692. The maximum atomic E-state index is 13.3. The molecule has 1 aromatic carbocycles. The maximum Gasteiger partial charge on any atom is 0.189 e. The van der Waals surface area contributed by atoms with E-state index in [2.05, 4.69) is 4.99 Å². The summed E-state index contributed by atoms with van der Waals surface area (Å²) in [5, 5.41) is 0. The highest BCUT2D eigenvalue weighted by Crippen LogP contribution is 2.29. The molecule has 4 N–H and O–H groups in total. The van der Waals surface area contributed by atoms with Crippen LogP contribution in [0.4, 0.5) is 4.39 Å². The normalized spacial score (nSPS) is 13.8. The largest absolute Gasteiger partial charge is 0.467 e. The Hall–Kier alpha value is -1.82. The van der Waals surface area contributed by atoms with Crippen LogP contribution in [-0.2, 0) is 17.9 Å². The number of nitrogens with two attached hydrogens (primary N) is 2. The van der Waals surface area contributed by atoms with E-state index in [1.54, 1.807) is 0 Å². The maximum absolute atomic E-state index is 13.3. The van der Waals surface area contributed by atoms with Crippen molar-refractivity contribution < 1.29 is 13.9 Å². The molecule has 0 aromatic heterocycles. The van der Waals surface area contributed by atoms with E-state index in [0.717, 1.165) is 0 Å². The molecule has 86 valence electrons. The number of benzene rings is 1. The van der Waals surface area contributed by atoms with E-state index in [0.29, 0.717) is 23.5 Å². The van der Waals surface area contributed by atoms with Crippen LogP contribution in [0.3, 0.4) is 0 Å². The van der Waals surface area contributed by atoms with Crippen molar-refractivity contribution in [1.29, 1.82) is 0 Å². The summed E-state index contributed by atoms with van der Waals surface area (Å²) < 4.78 is 23.6. The van der Waals surface area contributed by atoms with Gasteiger partial charge in [0, 0.05) is 11.1 Å². The van der Waals surface area contributed by atoms with Gasteiger partial charge in [-0.2, -0.15) is 0 Å². The smallest absolute Gasteiger partial charge is 0.189 e. The molecule has 0 saturated heterocycles. The Morgan fingerprint density at radius 3 is 3.00 bits per heavy atom. The molecule has 5 nitrogen and oxygen atoms in total. The molecule has 1 aromatic rings. The molecule has 0 saturated carbocycles. The molecule has 0 bridgehead atoms. The number of nitrogens with zero attached hydrogens (tertiary/aromatic N) is 1. The first kappa shape index (κ1) is 10.7. The van der Waals surface area contributed by atoms with E-state index in [1.807, 2.05) is 0 Å². The van der Waals surface area contributed by atoms with Crippen molar-refractivity contribution >= 4 is 5.96 Å². The second-order valence-electron chi connectivity index (χ2n) is 3.40. The van der Waals surface area contributed by atoms with Gasteiger partial charge in [-0.1, -0.05) is 0 Å². The van der Waals surface area contributed by atoms with Gasteiger partial charge in [-0.25, -0.2) is 9.38 Å². The Kier molecular flexibility index (Phi) is 2.91. The third-order valence-corrected chi connectivity index (χ3v) is 2.18. The molecule has 0 aliphatic carbocycles. The molecule has 0 fully saturated rings. The summed E-state index contributed by atoms with van der Waals surface area (Å²) in [6.07, 6.45) is 0. The van der Waals surface area contributed by atoms with Crippen molar-refractivity contribution in [2.75, 3.05) is 6.79 Å². The molecular formula is C10H12FN3O2. The molecule has 1 aliphatic rings. The van der Waals surface area contributed by atoms with Gasteiger partial charge in [-0.05, 0) is 12.1 Å². The van der Waals surface area contributed by atoms with Crippen molar-refractivity contribution in [2.24, 2.45) is 16.5 Å². The highest BCUT2D eigenvalue weighted by Gasteiger charge is 2.16. The molecule has 0 amide bonds. The molecule has 0 spiro atoms. The molecule has 6 heteroatoms. The van der Waals surface area contributed by atoms with Gasteiger partial charge < -0.3 is 20.9 Å². The second kappa shape index (κ2) is 4.36. The number of aliphatic imine (C=N–C) groups is 1. The monoisotopic (exact) mass is 225 g/mol. The minimum atomic E-state index is -0.353. The molecule has 2 rings (SSSR count). The second-order valence-corrected chi connectivity index (χ2v) is 3.40. The van der Waals surface area contributed by atoms with Crippen molar-refractivity contribution in [3.63, 3.8) is 0 Å². The SMILES string of the molecule is NC(N)=NCc1cc(F)cc2c1OCOC2. The first-order valence-corrected chi connectivity index (χ1v) is 4.74. The highest BCUT2D eigenvalue weighted by atomic mass is 19.1. The zero-order valence-corrected chi connectivity index (χ0v) is 8.57. The van der Waals surface area contributed by atoms with Crippen LogP contribution in [0.2, 0.25) is 0 Å². The minimum absolute atomic E-state index is 0.0370. The number of rotatable bonds is 2. The number of guanidine groups is 1. The van der Waals surface area contributed by atoms with Crippen LogP contribution in [0.1, 0.15) is 11.1 Å². The average molecular weight is 225 g/mol. The van der Waals surface area contributed by atoms with Crippen molar-refractivity contribution in [3.05, 3.63) is 29.1 Å². The topological polar surface area (TPSA) is 82.9 Å². The molecule has 1 aliphatic heterocycles. The molecule has 16 heavy (non-hydrogen) atoms. The Labute approximate surface area is 91.9 Å². The van der Waals surface area contributed by atoms with E-state index in [9.17, 15) is 4.39 Å². The van der Waals surface area contributed by atoms with Gasteiger partial charge in [0.15, 0.2) is 12.8 Å². The van der Waals surface area contributed by atoms with E-state index in [1.165, 1.54) is 12.1 Å². The lowest BCUT2D eigenvalue weighted by atomic mass is 10.1. The van der Waals surface area contributed by atoms with Crippen molar-refractivity contribution in [1.82, 2.24) is 0 Å². The van der Waals surface area contributed by atoms with Gasteiger partial charge in [-0.15, -0.1) is 0 Å². The Balaban J connectivity index is 2.35. The summed E-state index contributed by atoms with van der Waals surface area (Å²) in [4.78, 5) is 3.83. The Morgan fingerprint density at radius 1 is 1.44 bits per heavy atom. The van der Waals surface area contributed by atoms with Crippen LogP contribution in [-0.4, -0.2) is 12.8 Å². The summed E-state index contributed by atoms with van der Waals surface area (Å²) in [5.41, 5.74) is 11.7. The van der Waals surface area contributed by atoms with E-state index >= 15 is 0 Å². The quantitative estimate of drug-likeness (QED) is 0.566. The van der Waals surface area contributed by atoms with E-state index < -0.39 is 0 Å². The van der Waals surface area contributed by atoms with Crippen molar-refractivity contribution in [2.45, 2.75) is 13.2 Å². The van der Waals surface area contributed by atoms with E-state index in [4.69, 9.17) is 20.9 Å².